The first kappa shape index (κ1) is 14.6. The van der Waals surface area contributed by atoms with E-state index in [1.807, 2.05) is 18.7 Å². The van der Waals surface area contributed by atoms with Crippen molar-refractivity contribution in [3.8, 4) is 0 Å². The number of likely N-dealkylation sites (tertiary alicyclic amines) is 1. The molecule has 2 atom stereocenters. The highest BCUT2D eigenvalue weighted by Gasteiger charge is 2.44. The molecule has 0 aromatic rings. The number of carbonyl (C=O) groups excluding carboxylic acids is 1. The van der Waals surface area contributed by atoms with E-state index in [9.17, 15) is 18.0 Å². The molecule has 0 saturated carbocycles. The van der Waals surface area contributed by atoms with Gasteiger partial charge in [-0.1, -0.05) is 0 Å². The molecule has 0 bridgehead atoms. The van der Waals surface area contributed by atoms with Crippen molar-refractivity contribution in [2.45, 2.75) is 57.3 Å². The Labute approximate surface area is 111 Å². The Balaban J connectivity index is 1.93. The highest BCUT2D eigenvalue weighted by atomic mass is 19.4. The number of alkyl halides is 3. The maximum Gasteiger partial charge on any atom is 0.393 e. The lowest BCUT2D eigenvalue weighted by Gasteiger charge is -2.37. The van der Waals surface area contributed by atoms with Crippen LogP contribution in [0.15, 0.2) is 0 Å². The van der Waals surface area contributed by atoms with Gasteiger partial charge in [-0.05, 0) is 39.5 Å². The van der Waals surface area contributed by atoms with Crippen LogP contribution < -0.4 is 5.32 Å². The van der Waals surface area contributed by atoms with Crippen LogP contribution in [0.3, 0.4) is 0 Å². The minimum Gasteiger partial charge on any atom is -0.336 e. The molecular weight excluding hydrogens is 257 g/mol. The molecule has 110 valence electrons. The van der Waals surface area contributed by atoms with E-state index in [4.69, 9.17) is 0 Å². The third-order valence-corrected chi connectivity index (χ3v) is 4.34. The van der Waals surface area contributed by atoms with E-state index in [0.29, 0.717) is 6.54 Å². The number of rotatable bonds is 1. The van der Waals surface area contributed by atoms with Crippen molar-refractivity contribution in [1.82, 2.24) is 10.2 Å². The van der Waals surface area contributed by atoms with Crippen LogP contribution >= 0.6 is 0 Å². The Morgan fingerprint density at radius 1 is 1.32 bits per heavy atom. The van der Waals surface area contributed by atoms with Gasteiger partial charge in [0.2, 0.25) is 5.91 Å². The Kier molecular flexibility index (Phi) is 3.82. The smallest absolute Gasteiger partial charge is 0.336 e. The van der Waals surface area contributed by atoms with Gasteiger partial charge in [0.1, 0.15) is 0 Å². The van der Waals surface area contributed by atoms with Crippen molar-refractivity contribution in [3.05, 3.63) is 0 Å². The topological polar surface area (TPSA) is 32.3 Å². The fourth-order valence-corrected chi connectivity index (χ4v) is 3.05. The quantitative estimate of drug-likeness (QED) is 0.798. The van der Waals surface area contributed by atoms with Crippen LogP contribution in [0.5, 0.6) is 0 Å². The number of halogens is 3. The van der Waals surface area contributed by atoms with Gasteiger partial charge >= 0.3 is 6.18 Å². The summed E-state index contributed by atoms with van der Waals surface area (Å²) < 4.78 is 37.7. The van der Waals surface area contributed by atoms with Crippen molar-refractivity contribution in [1.29, 1.82) is 0 Å². The zero-order chi connectivity index (χ0) is 14.3. The molecule has 0 spiro atoms. The first-order valence-electron chi connectivity index (χ1n) is 6.83. The number of amides is 1. The molecule has 2 saturated heterocycles. The minimum absolute atomic E-state index is 0.0388. The first-order valence-corrected chi connectivity index (χ1v) is 6.83. The van der Waals surface area contributed by atoms with Crippen LogP contribution in [0.4, 0.5) is 13.2 Å². The molecule has 0 aromatic heterocycles. The minimum atomic E-state index is -4.16. The number of hydrogen-bond donors (Lipinski definition) is 1. The predicted molar refractivity (Wildman–Crippen MR) is 65.6 cm³/mol. The van der Waals surface area contributed by atoms with Gasteiger partial charge in [0.15, 0.2) is 0 Å². The molecular formula is C13H21F3N2O. The summed E-state index contributed by atoms with van der Waals surface area (Å²) in [4.78, 5) is 14.2. The molecule has 3 nitrogen and oxygen atoms in total. The van der Waals surface area contributed by atoms with Crippen LogP contribution in [0.2, 0.25) is 0 Å². The van der Waals surface area contributed by atoms with E-state index < -0.39 is 18.1 Å². The second-order valence-corrected chi connectivity index (χ2v) is 6.18. The van der Waals surface area contributed by atoms with Crippen molar-refractivity contribution in [3.63, 3.8) is 0 Å². The van der Waals surface area contributed by atoms with Gasteiger partial charge in [0.05, 0.1) is 12.0 Å². The van der Waals surface area contributed by atoms with E-state index in [0.717, 1.165) is 12.8 Å². The average molecular weight is 278 g/mol. The van der Waals surface area contributed by atoms with Crippen molar-refractivity contribution in [2.24, 2.45) is 5.92 Å². The maximum absolute atomic E-state index is 12.6. The predicted octanol–water partition coefficient (Wildman–Crippen LogP) is 2.32. The SMILES string of the molecule is CC1(C)CCCN1C(=O)C1CCC(C(F)(F)F)CN1. The molecule has 1 amide bonds. The Bertz CT molecular complexity index is 346. The number of nitrogens with zero attached hydrogens (tertiary/aromatic N) is 1. The summed E-state index contributed by atoms with van der Waals surface area (Å²) in [6, 6.07) is -0.448. The van der Waals surface area contributed by atoms with Crippen molar-refractivity contribution < 1.29 is 18.0 Å². The van der Waals surface area contributed by atoms with Crippen LogP contribution in [0, 0.1) is 5.92 Å². The standard InChI is InChI=1S/C13H21F3N2O/c1-12(2)6-3-7-18(12)11(19)10-5-4-9(8-17-10)13(14,15)16/h9-10,17H,3-8H2,1-2H3. The average Bonchev–Trinajstić information content (AvgIpc) is 2.67. The third kappa shape index (κ3) is 3.04. The first-order chi connectivity index (χ1) is 8.72. The summed E-state index contributed by atoms with van der Waals surface area (Å²) in [5.74, 6) is -1.36. The van der Waals surface area contributed by atoms with E-state index in [1.54, 1.807) is 0 Å². The van der Waals surface area contributed by atoms with Gasteiger partial charge in [-0.15, -0.1) is 0 Å². The Morgan fingerprint density at radius 3 is 2.42 bits per heavy atom. The molecule has 2 aliphatic heterocycles. The highest BCUT2D eigenvalue weighted by molar-refractivity contribution is 5.83. The van der Waals surface area contributed by atoms with E-state index in [1.165, 1.54) is 0 Å². The second-order valence-electron chi connectivity index (χ2n) is 6.18. The summed E-state index contributed by atoms with van der Waals surface area (Å²) in [5.41, 5.74) is -0.167. The van der Waals surface area contributed by atoms with E-state index in [2.05, 4.69) is 5.32 Å². The molecule has 2 heterocycles. The zero-order valence-corrected chi connectivity index (χ0v) is 11.4. The van der Waals surface area contributed by atoms with E-state index >= 15 is 0 Å². The number of hydrogen-bond acceptors (Lipinski definition) is 2. The Morgan fingerprint density at radius 2 is 2.00 bits per heavy atom. The van der Waals surface area contributed by atoms with Gasteiger partial charge in [-0.2, -0.15) is 13.2 Å². The fourth-order valence-electron chi connectivity index (χ4n) is 3.05. The summed E-state index contributed by atoms with van der Waals surface area (Å²) in [6.07, 6.45) is -1.92. The molecule has 2 aliphatic rings. The fraction of sp³-hybridized carbons (Fsp3) is 0.923. The van der Waals surface area contributed by atoms with Gasteiger partial charge in [0.25, 0.3) is 0 Å². The monoisotopic (exact) mass is 278 g/mol. The summed E-state index contributed by atoms with van der Waals surface area (Å²) in [5, 5.41) is 2.78. The molecule has 6 heteroatoms. The zero-order valence-electron chi connectivity index (χ0n) is 11.4. The van der Waals surface area contributed by atoms with Crippen LogP contribution in [-0.2, 0) is 4.79 Å². The highest BCUT2D eigenvalue weighted by Crippen LogP contribution is 2.34. The number of piperidine rings is 1. The van der Waals surface area contributed by atoms with Crippen LogP contribution in [-0.4, -0.2) is 41.7 Å². The van der Waals surface area contributed by atoms with Crippen molar-refractivity contribution >= 4 is 5.91 Å². The Hall–Kier alpha value is -0.780. The molecule has 0 aliphatic carbocycles. The lowest BCUT2D eigenvalue weighted by Crippen LogP contribution is -2.55. The normalized spacial score (nSPS) is 31.5. The summed E-state index contributed by atoms with van der Waals surface area (Å²) in [6.45, 7) is 4.60. The molecule has 2 rings (SSSR count). The van der Waals surface area contributed by atoms with Gasteiger partial charge in [0, 0.05) is 18.6 Å². The summed E-state index contributed by atoms with van der Waals surface area (Å²) in [7, 11) is 0. The van der Waals surface area contributed by atoms with Gasteiger partial charge in [-0.3, -0.25) is 4.79 Å². The lowest BCUT2D eigenvalue weighted by atomic mass is 9.92. The number of carbonyl (C=O) groups is 1. The molecule has 0 aromatic carbocycles. The summed E-state index contributed by atoms with van der Waals surface area (Å²) >= 11 is 0. The maximum atomic E-state index is 12.6. The molecule has 2 unspecified atom stereocenters. The second kappa shape index (κ2) is 4.96. The van der Waals surface area contributed by atoms with Crippen LogP contribution in [0.25, 0.3) is 0 Å². The van der Waals surface area contributed by atoms with Gasteiger partial charge in [-0.25, -0.2) is 0 Å². The molecule has 0 radical (unpaired) electrons. The molecule has 2 fully saturated rings. The lowest BCUT2D eigenvalue weighted by molar-refractivity contribution is -0.181. The van der Waals surface area contributed by atoms with Crippen LogP contribution in [0.1, 0.15) is 39.5 Å². The number of nitrogens with one attached hydrogen (secondary N) is 1. The molecule has 1 N–H and O–H groups in total. The van der Waals surface area contributed by atoms with Crippen molar-refractivity contribution in [2.75, 3.05) is 13.1 Å². The third-order valence-electron chi connectivity index (χ3n) is 4.34. The largest absolute Gasteiger partial charge is 0.393 e. The van der Waals surface area contributed by atoms with Gasteiger partial charge < -0.3 is 10.2 Å². The van der Waals surface area contributed by atoms with E-state index in [-0.39, 0.29) is 30.8 Å². The molecule has 19 heavy (non-hydrogen) atoms.